The minimum atomic E-state index is 0.944. The molecule has 4 heteroatoms. The molecule has 1 aliphatic rings. The monoisotopic (exact) mass is 308 g/mol. The van der Waals surface area contributed by atoms with E-state index in [0.29, 0.717) is 0 Å². The van der Waals surface area contributed by atoms with Crippen LogP contribution in [-0.2, 0) is 0 Å². The highest BCUT2D eigenvalue weighted by molar-refractivity contribution is 7.80. The molecule has 0 N–H and O–H groups in total. The molecule has 0 atom stereocenters. The van der Waals surface area contributed by atoms with Gasteiger partial charge in [-0.3, -0.25) is 4.90 Å². The first-order valence-corrected chi connectivity index (χ1v) is 8.69. The zero-order valence-corrected chi connectivity index (χ0v) is 14.0. The Kier molecular flexibility index (Phi) is 7.24. The molecule has 0 amide bonds. The van der Waals surface area contributed by atoms with Gasteiger partial charge in [0.1, 0.15) is 5.75 Å². The van der Waals surface area contributed by atoms with Gasteiger partial charge in [0.15, 0.2) is 0 Å². The summed E-state index contributed by atoms with van der Waals surface area (Å²) in [5, 5.41) is 0. The highest BCUT2D eigenvalue weighted by Gasteiger charge is 2.16. The lowest BCUT2D eigenvalue weighted by atomic mass is 10.2. The Balaban J connectivity index is 1.70. The first-order valence-electron chi connectivity index (χ1n) is 8.05. The second-order valence-corrected chi connectivity index (χ2v) is 6.12. The molecule has 1 aliphatic heterocycles. The number of ether oxygens (including phenoxy) is 1. The Hall–Kier alpha value is -0.870. The van der Waals surface area contributed by atoms with Crippen LogP contribution in [0.25, 0.3) is 0 Å². The number of piperazine rings is 1. The minimum absolute atomic E-state index is 0.944. The van der Waals surface area contributed by atoms with Crippen molar-refractivity contribution in [2.45, 2.75) is 25.7 Å². The van der Waals surface area contributed by atoms with Gasteiger partial charge in [0, 0.05) is 37.9 Å². The van der Waals surface area contributed by atoms with E-state index < -0.39 is 0 Å². The molecule has 21 heavy (non-hydrogen) atoms. The first kappa shape index (κ1) is 16.5. The summed E-state index contributed by atoms with van der Waals surface area (Å²) in [6.45, 7) is 5.82. The van der Waals surface area contributed by atoms with Crippen LogP contribution < -0.4 is 9.64 Å². The summed E-state index contributed by atoms with van der Waals surface area (Å²) < 4.78 is 5.31. The predicted octanol–water partition coefficient (Wildman–Crippen LogP) is 3.31. The fraction of sp³-hybridized carbons (Fsp3) is 0.647. The van der Waals surface area contributed by atoms with Crippen LogP contribution in [-0.4, -0.2) is 50.5 Å². The third-order valence-corrected chi connectivity index (χ3v) is 4.49. The predicted molar refractivity (Wildman–Crippen MR) is 94.0 cm³/mol. The van der Waals surface area contributed by atoms with Gasteiger partial charge in [0.25, 0.3) is 0 Å². The number of nitrogens with zero attached hydrogens (tertiary/aromatic N) is 2. The van der Waals surface area contributed by atoms with Gasteiger partial charge in [0.05, 0.1) is 7.11 Å². The maximum absolute atomic E-state index is 5.31. The molecule has 0 aliphatic carbocycles. The van der Waals surface area contributed by atoms with Crippen LogP contribution in [0.3, 0.4) is 0 Å². The lowest BCUT2D eigenvalue weighted by molar-refractivity contribution is 0.252. The molecule has 118 valence electrons. The SMILES string of the molecule is COc1cccc(N2CCN(CCCCCCS)CC2)c1. The van der Waals surface area contributed by atoms with Crippen molar-refractivity contribution in [2.75, 3.05) is 50.5 Å². The topological polar surface area (TPSA) is 15.7 Å². The van der Waals surface area contributed by atoms with Gasteiger partial charge in [-0.05, 0) is 37.3 Å². The summed E-state index contributed by atoms with van der Waals surface area (Å²) in [5.41, 5.74) is 1.28. The van der Waals surface area contributed by atoms with Crippen molar-refractivity contribution in [1.29, 1.82) is 0 Å². The van der Waals surface area contributed by atoms with E-state index in [1.165, 1.54) is 51.0 Å². The van der Waals surface area contributed by atoms with E-state index in [-0.39, 0.29) is 0 Å². The fourth-order valence-corrected chi connectivity index (χ4v) is 3.06. The van der Waals surface area contributed by atoms with Crippen molar-refractivity contribution in [3.05, 3.63) is 24.3 Å². The number of anilines is 1. The van der Waals surface area contributed by atoms with Crippen LogP contribution in [0.5, 0.6) is 5.75 Å². The Morgan fingerprint density at radius 2 is 1.81 bits per heavy atom. The van der Waals surface area contributed by atoms with Crippen molar-refractivity contribution < 1.29 is 4.74 Å². The van der Waals surface area contributed by atoms with Crippen LogP contribution in [0.4, 0.5) is 5.69 Å². The van der Waals surface area contributed by atoms with Crippen molar-refractivity contribution in [2.24, 2.45) is 0 Å². The second kappa shape index (κ2) is 9.21. The Morgan fingerprint density at radius 1 is 1.05 bits per heavy atom. The van der Waals surface area contributed by atoms with Crippen LogP contribution in [0, 0.1) is 0 Å². The molecule has 1 aromatic carbocycles. The van der Waals surface area contributed by atoms with Gasteiger partial charge in [-0.2, -0.15) is 12.6 Å². The van der Waals surface area contributed by atoms with Crippen LogP contribution in [0.2, 0.25) is 0 Å². The molecule has 0 unspecified atom stereocenters. The van der Waals surface area contributed by atoms with E-state index in [1.54, 1.807) is 7.11 Å². The van der Waals surface area contributed by atoms with Gasteiger partial charge in [-0.1, -0.05) is 18.9 Å². The van der Waals surface area contributed by atoms with E-state index in [2.05, 4.69) is 40.6 Å². The van der Waals surface area contributed by atoms with Gasteiger partial charge < -0.3 is 9.64 Å². The normalized spacial score (nSPS) is 16.2. The maximum atomic E-state index is 5.31. The minimum Gasteiger partial charge on any atom is -0.497 e. The third kappa shape index (κ3) is 5.44. The molecule has 0 aromatic heterocycles. The van der Waals surface area contributed by atoms with Gasteiger partial charge in [-0.15, -0.1) is 0 Å². The third-order valence-electron chi connectivity index (χ3n) is 4.17. The average Bonchev–Trinajstić information content (AvgIpc) is 2.55. The lowest BCUT2D eigenvalue weighted by Crippen LogP contribution is -2.46. The molecule has 2 rings (SSSR count). The van der Waals surface area contributed by atoms with Crippen molar-refractivity contribution >= 4 is 18.3 Å². The number of hydrogen-bond donors (Lipinski definition) is 1. The standard InChI is InChI=1S/C17H28N2OS/c1-20-17-8-6-7-16(15-17)19-12-10-18(11-13-19)9-4-2-3-5-14-21/h6-8,15,21H,2-5,9-14H2,1H3. The summed E-state index contributed by atoms with van der Waals surface area (Å²) in [7, 11) is 1.73. The summed E-state index contributed by atoms with van der Waals surface area (Å²) in [4.78, 5) is 5.05. The Bertz CT molecular complexity index is 406. The Labute approximate surface area is 134 Å². The van der Waals surface area contributed by atoms with Crippen LogP contribution in [0.15, 0.2) is 24.3 Å². The highest BCUT2D eigenvalue weighted by Crippen LogP contribution is 2.22. The van der Waals surface area contributed by atoms with Gasteiger partial charge in [-0.25, -0.2) is 0 Å². The maximum Gasteiger partial charge on any atom is 0.120 e. The second-order valence-electron chi connectivity index (χ2n) is 5.67. The number of unbranched alkanes of at least 4 members (excludes halogenated alkanes) is 3. The molecule has 0 spiro atoms. The summed E-state index contributed by atoms with van der Waals surface area (Å²) in [5.74, 6) is 1.97. The van der Waals surface area contributed by atoms with Crippen LogP contribution >= 0.6 is 12.6 Å². The molecule has 1 aromatic rings. The average molecular weight is 308 g/mol. The van der Waals surface area contributed by atoms with E-state index in [4.69, 9.17) is 4.74 Å². The summed E-state index contributed by atoms with van der Waals surface area (Å²) in [6.07, 6.45) is 5.25. The molecule has 1 heterocycles. The van der Waals surface area contributed by atoms with Crippen LogP contribution in [0.1, 0.15) is 25.7 Å². The zero-order chi connectivity index (χ0) is 14.9. The highest BCUT2D eigenvalue weighted by atomic mass is 32.1. The van der Waals surface area contributed by atoms with Crippen molar-refractivity contribution in [1.82, 2.24) is 4.90 Å². The fourth-order valence-electron chi connectivity index (χ4n) is 2.84. The first-order chi connectivity index (χ1) is 10.3. The molecule has 0 bridgehead atoms. The van der Waals surface area contributed by atoms with E-state index in [1.807, 2.05) is 6.07 Å². The van der Waals surface area contributed by atoms with E-state index in [0.717, 1.165) is 24.6 Å². The van der Waals surface area contributed by atoms with Gasteiger partial charge >= 0.3 is 0 Å². The lowest BCUT2D eigenvalue weighted by Gasteiger charge is -2.36. The quantitative estimate of drug-likeness (QED) is 0.586. The molecular formula is C17H28N2OS. The summed E-state index contributed by atoms with van der Waals surface area (Å²) in [6, 6.07) is 8.38. The molecule has 0 radical (unpaired) electrons. The van der Waals surface area contributed by atoms with Crippen molar-refractivity contribution in [3.8, 4) is 5.75 Å². The molecule has 1 fully saturated rings. The van der Waals surface area contributed by atoms with Crippen molar-refractivity contribution in [3.63, 3.8) is 0 Å². The van der Waals surface area contributed by atoms with E-state index in [9.17, 15) is 0 Å². The summed E-state index contributed by atoms with van der Waals surface area (Å²) >= 11 is 4.26. The zero-order valence-electron chi connectivity index (χ0n) is 13.1. The number of benzene rings is 1. The number of thiol groups is 1. The van der Waals surface area contributed by atoms with E-state index >= 15 is 0 Å². The number of hydrogen-bond acceptors (Lipinski definition) is 4. The molecular weight excluding hydrogens is 280 g/mol. The molecule has 0 saturated carbocycles. The largest absolute Gasteiger partial charge is 0.497 e. The Morgan fingerprint density at radius 3 is 2.52 bits per heavy atom. The van der Waals surface area contributed by atoms with Gasteiger partial charge in [0.2, 0.25) is 0 Å². The smallest absolute Gasteiger partial charge is 0.120 e. The molecule has 3 nitrogen and oxygen atoms in total. The number of methoxy groups -OCH3 is 1. The number of rotatable bonds is 8. The molecule has 1 saturated heterocycles.